The normalized spacial score (nSPS) is 10.4. The molecule has 2 aromatic carbocycles. The number of halogens is 3. The molecule has 0 unspecified atom stereocenters. The largest absolute Gasteiger partial charge is 0.381 e. The van der Waals surface area contributed by atoms with Gasteiger partial charge in [-0.05, 0) is 36.8 Å². The smallest absolute Gasteiger partial charge is 0.0470 e. The zero-order valence-electron chi connectivity index (χ0n) is 9.81. The molecule has 0 aromatic heterocycles. The van der Waals surface area contributed by atoms with Crippen LogP contribution >= 0.6 is 39.1 Å². The lowest BCUT2D eigenvalue weighted by molar-refractivity contribution is 1.14. The lowest BCUT2D eigenvalue weighted by atomic mass is 10.2. The van der Waals surface area contributed by atoms with Gasteiger partial charge >= 0.3 is 0 Å². The average Bonchev–Trinajstić information content (AvgIpc) is 2.33. The molecule has 0 atom stereocenters. The second-order valence-electron chi connectivity index (χ2n) is 4.01. The predicted molar refractivity (Wildman–Crippen MR) is 82.7 cm³/mol. The predicted octanol–water partition coefficient (Wildman–Crippen LogP) is 5.68. The van der Waals surface area contributed by atoms with E-state index in [9.17, 15) is 0 Å². The highest BCUT2D eigenvalue weighted by Crippen LogP contribution is 2.26. The van der Waals surface area contributed by atoms with E-state index in [1.807, 2.05) is 30.3 Å². The van der Waals surface area contributed by atoms with Crippen molar-refractivity contribution in [2.75, 3.05) is 5.32 Å². The first kappa shape index (κ1) is 13.7. The lowest BCUT2D eigenvalue weighted by Crippen LogP contribution is -2.02. The summed E-state index contributed by atoms with van der Waals surface area (Å²) >= 11 is 15.7. The molecule has 0 fully saturated rings. The summed E-state index contributed by atoms with van der Waals surface area (Å²) in [5, 5.41) is 4.72. The van der Waals surface area contributed by atoms with Crippen molar-refractivity contribution < 1.29 is 0 Å². The maximum absolute atomic E-state index is 6.13. The summed E-state index contributed by atoms with van der Waals surface area (Å²) in [5.74, 6) is 0. The summed E-state index contributed by atoms with van der Waals surface area (Å²) in [5.41, 5.74) is 3.17. The molecule has 0 spiro atoms. The maximum atomic E-state index is 6.13. The van der Waals surface area contributed by atoms with E-state index in [0.29, 0.717) is 16.6 Å². The number of hydrogen-bond donors (Lipinski definition) is 1. The van der Waals surface area contributed by atoms with Crippen LogP contribution in [0.15, 0.2) is 40.9 Å². The lowest BCUT2D eigenvalue weighted by Gasteiger charge is -2.12. The Labute approximate surface area is 125 Å². The number of aryl methyl sites for hydroxylation is 1. The van der Waals surface area contributed by atoms with E-state index in [2.05, 4.69) is 34.2 Å². The first-order chi connectivity index (χ1) is 8.58. The number of nitrogens with one attached hydrogen (secondary N) is 1. The average molecular weight is 345 g/mol. The van der Waals surface area contributed by atoms with E-state index in [1.54, 1.807) is 0 Å². The molecule has 0 radical (unpaired) electrons. The molecule has 0 bridgehead atoms. The Morgan fingerprint density at radius 2 is 1.78 bits per heavy atom. The molecule has 0 aliphatic rings. The van der Waals surface area contributed by atoms with Crippen LogP contribution < -0.4 is 5.32 Å². The van der Waals surface area contributed by atoms with Crippen molar-refractivity contribution in [1.29, 1.82) is 0 Å². The third-order valence-electron chi connectivity index (χ3n) is 2.72. The SMILES string of the molecule is Cc1ccc(Br)cc1NCc1c(Cl)cccc1Cl. The van der Waals surface area contributed by atoms with Crippen molar-refractivity contribution >= 4 is 44.8 Å². The Hall–Kier alpha value is -0.700. The number of benzene rings is 2. The summed E-state index contributed by atoms with van der Waals surface area (Å²) in [6, 6.07) is 11.7. The fourth-order valence-corrected chi connectivity index (χ4v) is 2.56. The molecule has 2 rings (SSSR count). The number of rotatable bonds is 3. The number of anilines is 1. The van der Waals surface area contributed by atoms with E-state index in [4.69, 9.17) is 23.2 Å². The van der Waals surface area contributed by atoms with Crippen LogP contribution in [-0.4, -0.2) is 0 Å². The van der Waals surface area contributed by atoms with Gasteiger partial charge in [-0.1, -0.05) is 51.3 Å². The van der Waals surface area contributed by atoms with Crippen LogP contribution in [0.5, 0.6) is 0 Å². The molecule has 0 aliphatic heterocycles. The van der Waals surface area contributed by atoms with E-state index in [1.165, 1.54) is 5.56 Å². The van der Waals surface area contributed by atoms with Gasteiger partial charge in [-0.3, -0.25) is 0 Å². The van der Waals surface area contributed by atoms with Crippen LogP contribution in [0, 0.1) is 6.92 Å². The van der Waals surface area contributed by atoms with Gasteiger partial charge in [-0.25, -0.2) is 0 Å². The molecular weight excluding hydrogens is 333 g/mol. The van der Waals surface area contributed by atoms with Crippen LogP contribution in [0.2, 0.25) is 10.0 Å². The van der Waals surface area contributed by atoms with E-state index >= 15 is 0 Å². The minimum Gasteiger partial charge on any atom is -0.381 e. The summed E-state index contributed by atoms with van der Waals surface area (Å²) in [6.45, 7) is 2.67. The molecule has 0 saturated heterocycles. The molecule has 1 nitrogen and oxygen atoms in total. The van der Waals surface area contributed by atoms with Gasteiger partial charge < -0.3 is 5.32 Å². The van der Waals surface area contributed by atoms with Crippen LogP contribution in [-0.2, 0) is 6.54 Å². The standard InChI is InChI=1S/C14H12BrCl2N/c1-9-5-6-10(15)7-14(9)18-8-11-12(16)3-2-4-13(11)17/h2-7,18H,8H2,1H3. The van der Waals surface area contributed by atoms with Gasteiger partial charge in [0.2, 0.25) is 0 Å². The van der Waals surface area contributed by atoms with Crippen molar-refractivity contribution in [3.63, 3.8) is 0 Å². The third-order valence-corrected chi connectivity index (χ3v) is 3.92. The van der Waals surface area contributed by atoms with E-state index in [-0.39, 0.29) is 0 Å². The fourth-order valence-electron chi connectivity index (χ4n) is 1.67. The van der Waals surface area contributed by atoms with E-state index in [0.717, 1.165) is 15.7 Å². The zero-order chi connectivity index (χ0) is 13.1. The first-order valence-corrected chi connectivity index (χ1v) is 7.06. The van der Waals surface area contributed by atoms with Gasteiger partial charge in [-0.15, -0.1) is 0 Å². The monoisotopic (exact) mass is 343 g/mol. The molecule has 94 valence electrons. The zero-order valence-corrected chi connectivity index (χ0v) is 12.9. The Kier molecular flexibility index (Phi) is 4.55. The van der Waals surface area contributed by atoms with Gasteiger partial charge in [0, 0.05) is 32.3 Å². The highest BCUT2D eigenvalue weighted by Gasteiger charge is 2.06. The Morgan fingerprint density at radius 3 is 2.44 bits per heavy atom. The molecule has 1 N–H and O–H groups in total. The molecule has 4 heteroatoms. The van der Waals surface area contributed by atoms with Crippen molar-refractivity contribution in [3.8, 4) is 0 Å². The fraction of sp³-hybridized carbons (Fsp3) is 0.143. The van der Waals surface area contributed by atoms with Crippen molar-refractivity contribution in [3.05, 3.63) is 62.0 Å². The highest BCUT2D eigenvalue weighted by atomic mass is 79.9. The van der Waals surface area contributed by atoms with E-state index < -0.39 is 0 Å². The van der Waals surface area contributed by atoms with Crippen molar-refractivity contribution in [2.24, 2.45) is 0 Å². The molecule has 0 aliphatic carbocycles. The summed E-state index contributed by atoms with van der Waals surface area (Å²) in [4.78, 5) is 0. The summed E-state index contributed by atoms with van der Waals surface area (Å²) in [7, 11) is 0. The van der Waals surface area contributed by atoms with Crippen LogP contribution in [0.25, 0.3) is 0 Å². The van der Waals surface area contributed by atoms with Gasteiger partial charge in [0.25, 0.3) is 0 Å². The molecule has 18 heavy (non-hydrogen) atoms. The molecule has 0 amide bonds. The first-order valence-electron chi connectivity index (χ1n) is 5.51. The maximum Gasteiger partial charge on any atom is 0.0470 e. The van der Waals surface area contributed by atoms with Gasteiger partial charge in [-0.2, -0.15) is 0 Å². The molecule has 0 saturated carbocycles. The summed E-state index contributed by atoms with van der Waals surface area (Å²) < 4.78 is 1.04. The molecule has 2 aromatic rings. The Morgan fingerprint density at radius 1 is 1.11 bits per heavy atom. The Balaban J connectivity index is 2.19. The van der Waals surface area contributed by atoms with Gasteiger partial charge in [0.05, 0.1) is 0 Å². The van der Waals surface area contributed by atoms with Crippen molar-refractivity contribution in [2.45, 2.75) is 13.5 Å². The van der Waals surface area contributed by atoms with Crippen LogP contribution in [0.3, 0.4) is 0 Å². The van der Waals surface area contributed by atoms with Gasteiger partial charge in [0.15, 0.2) is 0 Å². The highest BCUT2D eigenvalue weighted by molar-refractivity contribution is 9.10. The second kappa shape index (κ2) is 5.96. The minimum absolute atomic E-state index is 0.607. The molecular formula is C14H12BrCl2N. The summed E-state index contributed by atoms with van der Waals surface area (Å²) in [6.07, 6.45) is 0. The Bertz CT molecular complexity index is 549. The third kappa shape index (κ3) is 3.19. The van der Waals surface area contributed by atoms with Crippen molar-refractivity contribution in [1.82, 2.24) is 0 Å². The van der Waals surface area contributed by atoms with Gasteiger partial charge in [0.1, 0.15) is 0 Å². The van der Waals surface area contributed by atoms with Crippen LogP contribution in [0.4, 0.5) is 5.69 Å². The molecule has 0 heterocycles. The quantitative estimate of drug-likeness (QED) is 0.755. The second-order valence-corrected chi connectivity index (χ2v) is 5.74. The van der Waals surface area contributed by atoms with Crippen LogP contribution in [0.1, 0.15) is 11.1 Å². The minimum atomic E-state index is 0.607. The number of hydrogen-bond acceptors (Lipinski definition) is 1. The topological polar surface area (TPSA) is 12.0 Å².